The maximum absolute atomic E-state index is 9.02. The fourth-order valence-corrected chi connectivity index (χ4v) is 0.916. The Morgan fingerprint density at radius 2 is 2.40 bits per heavy atom. The Morgan fingerprint density at radius 3 is 3.00 bits per heavy atom. The van der Waals surface area contributed by atoms with E-state index in [1.807, 2.05) is 0 Å². The van der Waals surface area contributed by atoms with Crippen LogP contribution in [0.25, 0.3) is 0 Å². The predicted molar refractivity (Wildman–Crippen MR) is 40.9 cm³/mol. The molecule has 0 bridgehead atoms. The first-order valence-corrected chi connectivity index (χ1v) is 3.52. The molecule has 1 aromatic carbocycles. The van der Waals surface area contributed by atoms with Crippen LogP contribution in [0.15, 0.2) is 18.2 Å². The van der Waals surface area contributed by atoms with E-state index in [0.29, 0.717) is 5.75 Å². The van der Waals surface area contributed by atoms with E-state index >= 15 is 0 Å². The van der Waals surface area contributed by atoms with Gasteiger partial charge in [-0.1, -0.05) is 19.4 Å². The summed E-state index contributed by atoms with van der Waals surface area (Å²) in [5, 5.41) is 9.02. The van der Waals surface area contributed by atoms with Gasteiger partial charge in [-0.25, -0.2) is 0 Å². The Kier molecular flexibility index (Phi) is 2.32. The summed E-state index contributed by atoms with van der Waals surface area (Å²) in [6.07, 6.45) is 2.09. The quantitative estimate of drug-likeness (QED) is 0.658. The van der Waals surface area contributed by atoms with Gasteiger partial charge in [-0.3, -0.25) is 0 Å². The Hall–Kier alpha value is -0.980. The second-order valence-electron chi connectivity index (χ2n) is 2.32. The van der Waals surface area contributed by atoms with Crippen molar-refractivity contribution in [3.63, 3.8) is 0 Å². The van der Waals surface area contributed by atoms with Crippen LogP contribution in [0.4, 0.5) is 0 Å². The van der Waals surface area contributed by atoms with Gasteiger partial charge in [-0.05, 0) is 30.2 Å². The summed E-state index contributed by atoms with van der Waals surface area (Å²) >= 11 is 0. The second-order valence-corrected chi connectivity index (χ2v) is 2.32. The van der Waals surface area contributed by atoms with Crippen molar-refractivity contribution in [1.29, 1.82) is 0 Å². The van der Waals surface area contributed by atoms with Gasteiger partial charge in [-0.15, -0.1) is 0 Å². The maximum atomic E-state index is 9.02. The topological polar surface area (TPSA) is 20.2 Å². The van der Waals surface area contributed by atoms with Crippen molar-refractivity contribution in [2.24, 2.45) is 0 Å². The van der Waals surface area contributed by atoms with Crippen LogP contribution < -0.4 is 0 Å². The van der Waals surface area contributed by atoms with Crippen molar-refractivity contribution in [1.82, 2.24) is 0 Å². The summed E-state index contributed by atoms with van der Waals surface area (Å²) in [4.78, 5) is 0. The Balaban J connectivity index is 2.75. The summed E-state index contributed by atoms with van der Waals surface area (Å²) in [6.45, 7) is 2.11. The summed E-state index contributed by atoms with van der Waals surface area (Å²) < 4.78 is 0. The van der Waals surface area contributed by atoms with E-state index < -0.39 is 0 Å². The van der Waals surface area contributed by atoms with Crippen LogP contribution in [0.5, 0.6) is 5.75 Å². The Labute approximate surface area is 61.3 Å². The van der Waals surface area contributed by atoms with Gasteiger partial charge in [0.2, 0.25) is 0 Å². The molecule has 1 N–H and O–H groups in total. The highest BCUT2D eigenvalue weighted by molar-refractivity contribution is 5.25. The van der Waals surface area contributed by atoms with E-state index in [0.717, 1.165) is 18.4 Å². The molecular weight excluding hydrogens is 124 g/mol. The molecule has 0 atom stereocenters. The van der Waals surface area contributed by atoms with Gasteiger partial charge >= 0.3 is 0 Å². The molecule has 0 unspecified atom stereocenters. The number of hydrogen-bond acceptors (Lipinski definition) is 1. The monoisotopic (exact) mass is 135 g/mol. The standard InChI is InChI=1S/C9H11O/c1-2-4-8-5-3-6-9(10)7-8/h3,6-7,10H,2,4H2,1H3. The van der Waals surface area contributed by atoms with E-state index in [1.165, 1.54) is 0 Å². The highest BCUT2D eigenvalue weighted by Crippen LogP contribution is 2.11. The van der Waals surface area contributed by atoms with Gasteiger partial charge in [0.1, 0.15) is 5.75 Å². The molecule has 0 amide bonds. The van der Waals surface area contributed by atoms with Gasteiger partial charge in [0.15, 0.2) is 0 Å². The number of benzene rings is 1. The molecule has 1 nitrogen and oxygen atoms in total. The van der Waals surface area contributed by atoms with E-state index in [1.54, 1.807) is 18.2 Å². The second kappa shape index (κ2) is 3.25. The van der Waals surface area contributed by atoms with Crippen LogP contribution in [0, 0.1) is 6.07 Å². The van der Waals surface area contributed by atoms with Gasteiger partial charge in [-0.2, -0.15) is 0 Å². The molecule has 0 saturated carbocycles. The van der Waals surface area contributed by atoms with Crippen LogP contribution in [0.3, 0.4) is 0 Å². The highest BCUT2D eigenvalue weighted by atomic mass is 16.3. The molecule has 1 radical (unpaired) electrons. The molecule has 0 saturated heterocycles. The third kappa shape index (κ3) is 1.76. The van der Waals surface area contributed by atoms with Crippen LogP contribution in [-0.2, 0) is 6.42 Å². The zero-order chi connectivity index (χ0) is 7.40. The fraction of sp³-hybridized carbons (Fsp3) is 0.333. The molecule has 1 aromatic rings. The number of aromatic hydroxyl groups is 1. The minimum absolute atomic E-state index is 0.335. The molecule has 0 heterocycles. The third-order valence-electron chi connectivity index (χ3n) is 1.36. The molecular formula is C9H11O. The van der Waals surface area contributed by atoms with E-state index in [2.05, 4.69) is 13.0 Å². The smallest absolute Gasteiger partial charge is 0.115 e. The molecule has 0 aliphatic heterocycles. The minimum Gasteiger partial charge on any atom is -0.508 e. The van der Waals surface area contributed by atoms with Gasteiger partial charge in [0, 0.05) is 0 Å². The molecule has 0 aromatic heterocycles. The molecule has 0 fully saturated rings. The van der Waals surface area contributed by atoms with Crippen LogP contribution >= 0.6 is 0 Å². The molecule has 1 heteroatoms. The van der Waals surface area contributed by atoms with Gasteiger partial charge in [0.05, 0.1) is 0 Å². The average molecular weight is 135 g/mol. The molecule has 0 aliphatic rings. The third-order valence-corrected chi connectivity index (χ3v) is 1.36. The van der Waals surface area contributed by atoms with Crippen molar-refractivity contribution in [2.45, 2.75) is 19.8 Å². The van der Waals surface area contributed by atoms with Gasteiger partial charge < -0.3 is 5.11 Å². The lowest BCUT2D eigenvalue weighted by Crippen LogP contribution is -1.80. The van der Waals surface area contributed by atoms with Crippen LogP contribution in [-0.4, -0.2) is 5.11 Å². The van der Waals surface area contributed by atoms with Crippen molar-refractivity contribution in [3.05, 3.63) is 29.8 Å². The summed E-state index contributed by atoms with van der Waals surface area (Å²) in [5.74, 6) is 0.335. The highest BCUT2D eigenvalue weighted by Gasteiger charge is 1.91. The first-order valence-electron chi connectivity index (χ1n) is 3.52. The van der Waals surface area contributed by atoms with E-state index in [9.17, 15) is 0 Å². The number of phenols is 1. The van der Waals surface area contributed by atoms with E-state index in [-0.39, 0.29) is 0 Å². The summed E-state index contributed by atoms with van der Waals surface area (Å²) in [7, 11) is 0. The SMILES string of the molecule is CCCc1[c]ccc(O)c1. The van der Waals surface area contributed by atoms with E-state index in [4.69, 9.17) is 5.11 Å². The number of phenolic OH excluding ortho intramolecular Hbond substituents is 1. The first kappa shape index (κ1) is 7.13. The van der Waals surface area contributed by atoms with Crippen molar-refractivity contribution >= 4 is 0 Å². The van der Waals surface area contributed by atoms with Gasteiger partial charge in [0.25, 0.3) is 0 Å². The predicted octanol–water partition coefficient (Wildman–Crippen LogP) is 2.14. The average Bonchev–Trinajstić information content (AvgIpc) is 1.88. The molecule has 53 valence electrons. The summed E-state index contributed by atoms with van der Waals surface area (Å²) in [6, 6.07) is 8.19. The van der Waals surface area contributed by atoms with Crippen LogP contribution in [0.2, 0.25) is 0 Å². The number of aryl methyl sites for hydroxylation is 1. The zero-order valence-electron chi connectivity index (χ0n) is 6.09. The molecule has 10 heavy (non-hydrogen) atoms. The molecule has 0 spiro atoms. The minimum atomic E-state index is 0.335. The van der Waals surface area contributed by atoms with Crippen molar-refractivity contribution < 1.29 is 5.11 Å². The molecule has 0 aliphatic carbocycles. The number of hydrogen-bond donors (Lipinski definition) is 1. The Morgan fingerprint density at radius 1 is 1.60 bits per heavy atom. The largest absolute Gasteiger partial charge is 0.508 e. The lowest BCUT2D eigenvalue weighted by Gasteiger charge is -1.96. The van der Waals surface area contributed by atoms with Crippen molar-refractivity contribution in [2.75, 3.05) is 0 Å². The first-order chi connectivity index (χ1) is 4.83. The zero-order valence-corrected chi connectivity index (χ0v) is 6.09. The lowest BCUT2D eigenvalue weighted by molar-refractivity contribution is 0.474. The maximum Gasteiger partial charge on any atom is 0.115 e. The molecule has 1 rings (SSSR count). The summed E-state index contributed by atoms with van der Waals surface area (Å²) in [5.41, 5.74) is 1.09. The number of rotatable bonds is 2. The van der Waals surface area contributed by atoms with Crippen molar-refractivity contribution in [3.8, 4) is 5.75 Å². The Bertz CT molecular complexity index is 206. The lowest BCUT2D eigenvalue weighted by atomic mass is 10.1. The normalized spacial score (nSPS) is 9.70. The van der Waals surface area contributed by atoms with Crippen LogP contribution in [0.1, 0.15) is 18.9 Å². The fourth-order valence-electron chi connectivity index (χ4n) is 0.916.